The van der Waals surface area contributed by atoms with E-state index in [1.54, 1.807) is 0 Å². The van der Waals surface area contributed by atoms with Crippen LogP contribution in [0, 0.1) is 0 Å². The van der Waals surface area contributed by atoms with E-state index in [1.807, 2.05) is 30.3 Å². The highest BCUT2D eigenvalue weighted by Crippen LogP contribution is 2.17. The van der Waals surface area contributed by atoms with Gasteiger partial charge in [0.05, 0.1) is 12.6 Å². The summed E-state index contributed by atoms with van der Waals surface area (Å²) in [5, 5.41) is 12.4. The lowest BCUT2D eigenvalue weighted by molar-refractivity contribution is -0.149. The number of unbranched alkanes of at least 4 members (excludes halogenated alkanes) is 5. The van der Waals surface area contributed by atoms with E-state index in [2.05, 4.69) is 12.2 Å². The van der Waals surface area contributed by atoms with Gasteiger partial charge in [-0.15, -0.1) is 12.4 Å². The Morgan fingerprint density at radius 2 is 1.74 bits per heavy atom. The summed E-state index contributed by atoms with van der Waals surface area (Å²) < 4.78 is 5.49. The topological polar surface area (TPSA) is 116 Å². The fourth-order valence-corrected chi connectivity index (χ4v) is 3.98. The van der Waals surface area contributed by atoms with Crippen LogP contribution in [-0.2, 0) is 25.7 Å². The molecule has 0 aromatic heterocycles. The zero-order valence-electron chi connectivity index (χ0n) is 20.8. The van der Waals surface area contributed by atoms with Crippen LogP contribution in [0.3, 0.4) is 0 Å². The van der Waals surface area contributed by atoms with Gasteiger partial charge in [0, 0.05) is 7.05 Å². The molecule has 0 radical (unpaired) electrons. The second kappa shape index (κ2) is 15.4. The minimum Gasteiger partial charge on any atom is -0.480 e. The van der Waals surface area contributed by atoms with E-state index in [0.717, 1.165) is 42.6 Å². The molecule has 1 aliphatic rings. The smallest absolute Gasteiger partial charge is 0.328 e. The average molecular weight is 512 g/mol. The van der Waals surface area contributed by atoms with E-state index in [9.17, 15) is 24.3 Å². The molecule has 9 nitrogen and oxygen atoms in total. The van der Waals surface area contributed by atoms with Gasteiger partial charge in [-0.05, 0) is 18.9 Å². The zero-order chi connectivity index (χ0) is 25.1. The van der Waals surface area contributed by atoms with E-state index >= 15 is 0 Å². The molecule has 0 saturated carbocycles. The number of hydrogen-bond donors (Lipinski definition) is 2. The number of ether oxygens (including phenoxy) is 1. The predicted octanol–water partition coefficient (Wildman–Crippen LogP) is 3.60. The van der Waals surface area contributed by atoms with Crippen molar-refractivity contribution in [2.75, 3.05) is 13.6 Å². The maximum Gasteiger partial charge on any atom is 0.328 e. The minimum absolute atomic E-state index is 0. The molecule has 0 aliphatic carbocycles. The molecule has 1 aromatic carbocycles. The van der Waals surface area contributed by atoms with Crippen molar-refractivity contribution in [3.05, 3.63) is 35.9 Å². The van der Waals surface area contributed by atoms with Crippen molar-refractivity contribution in [1.29, 1.82) is 0 Å². The molecule has 0 unspecified atom stereocenters. The SMILES string of the molecule is CCCCCCCC[C@H](N[C@H](C)C(=O)N1C(=O)N(C)C[C@H]1C(=O)O)C(=O)OCc1ccccc1.Cl. The number of carboxylic acid groups (broad SMARTS) is 1. The summed E-state index contributed by atoms with van der Waals surface area (Å²) in [4.78, 5) is 51.8. The first kappa shape index (κ1) is 30.4. The lowest BCUT2D eigenvalue weighted by Gasteiger charge is -2.26. The molecule has 35 heavy (non-hydrogen) atoms. The quantitative estimate of drug-likeness (QED) is 0.289. The van der Waals surface area contributed by atoms with Gasteiger partial charge >= 0.3 is 18.0 Å². The fraction of sp³-hybridized carbons (Fsp3) is 0.600. The number of carbonyl (C=O) groups excluding carboxylic acids is 3. The number of carboxylic acids is 1. The van der Waals surface area contributed by atoms with Crippen LogP contribution in [0.4, 0.5) is 4.79 Å². The summed E-state index contributed by atoms with van der Waals surface area (Å²) in [7, 11) is 1.45. The van der Waals surface area contributed by atoms with Crippen LogP contribution in [0.2, 0.25) is 0 Å². The number of urea groups is 1. The van der Waals surface area contributed by atoms with Crippen molar-refractivity contribution < 1.29 is 29.0 Å². The van der Waals surface area contributed by atoms with Gasteiger partial charge < -0.3 is 14.7 Å². The van der Waals surface area contributed by atoms with Crippen molar-refractivity contribution in [3.63, 3.8) is 0 Å². The normalized spacial score (nSPS) is 17.0. The van der Waals surface area contributed by atoms with Crippen LogP contribution in [-0.4, -0.2) is 70.5 Å². The number of esters is 1. The predicted molar refractivity (Wildman–Crippen MR) is 134 cm³/mol. The van der Waals surface area contributed by atoms with Gasteiger partial charge in [0.15, 0.2) is 6.04 Å². The Labute approximate surface area is 213 Å². The average Bonchev–Trinajstić information content (AvgIpc) is 3.13. The van der Waals surface area contributed by atoms with Crippen molar-refractivity contribution in [2.24, 2.45) is 0 Å². The summed E-state index contributed by atoms with van der Waals surface area (Å²) in [5.41, 5.74) is 0.855. The van der Waals surface area contributed by atoms with Gasteiger partial charge in [-0.2, -0.15) is 0 Å². The van der Waals surface area contributed by atoms with Crippen LogP contribution in [0.5, 0.6) is 0 Å². The summed E-state index contributed by atoms with van der Waals surface area (Å²) in [6.45, 7) is 3.73. The molecule has 2 rings (SSSR count). The number of halogens is 1. The first-order valence-electron chi connectivity index (χ1n) is 12.0. The molecule has 2 N–H and O–H groups in total. The van der Waals surface area contributed by atoms with E-state index in [-0.39, 0.29) is 25.6 Å². The third-order valence-electron chi connectivity index (χ3n) is 5.99. The Bertz CT molecular complexity index is 838. The van der Waals surface area contributed by atoms with Crippen molar-refractivity contribution in [1.82, 2.24) is 15.1 Å². The molecule has 1 saturated heterocycles. The Hall–Kier alpha value is -2.65. The number of amides is 3. The van der Waals surface area contributed by atoms with E-state index in [0.29, 0.717) is 6.42 Å². The van der Waals surface area contributed by atoms with E-state index in [1.165, 1.54) is 25.3 Å². The number of carbonyl (C=O) groups is 4. The fourth-order valence-electron chi connectivity index (χ4n) is 3.98. The summed E-state index contributed by atoms with van der Waals surface area (Å²) in [6.07, 6.45) is 6.77. The Morgan fingerprint density at radius 3 is 2.37 bits per heavy atom. The van der Waals surface area contributed by atoms with Gasteiger partial charge in [0.1, 0.15) is 12.6 Å². The number of aliphatic carboxylic acids is 1. The Balaban J connectivity index is 0.00000612. The third-order valence-corrected chi connectivity index (χ3v) is 5.99. The van der Waals surface area contributed by atoms with Crippen molar-refractivity contribution in [2.45, 2.75) is 83.5 Å². The minimum atomic E-state index is -1.25. The number of benzene rings is 1. The van der Waals surface area contributed by atoms with Gasteiger partial charge in [-0.25, -0.2) is 14.5 Å². The second-order valence-corrected chi connectivity index (χ2v) is 8.82. The molecule has 196 valence electrons. The number of hydrogen-bond acceptors (Lipinski definition) is 6. The zero-order valence-corrected chi connectivity index (χ0v) is 21.6. The molecule has 10 heteroatoms. The number of nitrogens with one attached hydrogen (secondary N) is 1. The van der Waals surface area contributed by atoms with Gasteiger partial charge in [0.25, 0.3) is 0 Å². The van der Waals surface area contributed by atoms with Crippen molar-refractivity contribution >= 4 is 36.3 Å². The summed E-state index contributed by atoms with van der Waals surface area (Å²) in [6, 6.07) is 5.72. The number of imide groups is 1. The van der Waals surface area contributed by atoms with Crippen LogP contribution in [0.25, 0.3) is 0 Å². The maximum absolute atomic E-state index is 13.0. The molecular weight excluding hydrogens is 474 g/mol. The number of likely N-dealkylation sites (N-methyl/N-ethyl adjacent to an activating group) is 1. The first-order chi connectivity index (χ1) is 16.3. The van der Waals surface area contributed by atoms with E-state index < -0.39 is 42.0 Å². The van der Waals surface area contributed by atoms with Crippen LogP contribution in [0.15, 0.2) is 30.3 Å². The monoisotopic (exact) mass is 511 g/mol. The molecule has 3 atom stereocenters. The molecule has 0 bridgehead atoms. The first-order valence-corrected chi connectivity index (χ1v) is 12.0. The van der Waals surface area contributed by atoms with Crippen LogP contribution in [0.1, 0.15) is 64.4 Å². The standard InChI is InChI=1S/C25H37N3O6.ClH/c1-4-5-6-7-8-12-15-20(24(32)34-17-19-13-10-9-11-14-19)26-18(2)22(29)28-21(23(30)31)16-27(3)25(28)33;/h9-11,13-14,18,20-21,26H,4-8,12,15-17H2,1-3H3,(H,30,31);1H/t18-,20+,21+;/m1./s1. The lowest BCUT2D eigenvalue weighted by Crippen LogP contribution is -2.54. The summed E-state index contributed by atoms with van der Waals surface area (Å²) in [5.74, 6) is -2.40. The third kappa shape index (κ3) is 9.14. The second-order valence-electron chi connectivity index (χ2n) is 8.82. The Morgan fingerprint density at radius 1 is 1.11 bits per heavy atom. The molecule has 0 spiro atoms. The maximum atomic E-state index is 13.0. The van der Waals surface area contributed by atoms with Gasteiger partial charge in [-0.3, -0.25) is 14.9 Å². The Kier molecular flexibility index (Phi) is 13.3. The molecule has 3 amide bonds. The number of nitrogens with zero attached hydrogens (tertiary/aromatic N) is 2. The molecule has 1 aromatic rings. The van der Waals surface area contributed by atoms with Gasteiger partial charge in [0.2, 0.25) is 5.91 Å². The lowest BCUT2D eigenvalue weighted by atomic mass is 10.0. The molecule has 1 fully saturated rings. The highest BCUT2D eigenvalue weighted by Gasteiger charge is 2.45. The summed E-state index contributed by atoms with van der Waals surface area (Å²) >= 11 is 0. The van der Waals surface area contributed by atoms with E-state index in [4.69, 9.17) is 4.74 Å². The van der Waals surface area contributed by atoms with Crippen LogP contribution < -0.4 is 5.32 Å². The number of rotatable bonds is 14. The highest BCUT2D eigenvalue weighted by atomic mass is 35.5. The largest absolute Gasteiger partial charge is 0.480 e. The molecular formula is C25H38ClN3O6. The van der Waals surface area contributed by atoms with Crippen molar-refractivity contribution in [3.8, 4) is 0 Å². The van der Waals surface area contributed by atoms with Crippen LogP contribution >= 0.6 is 12.4 Å². The van der Waals surface area contributed by atoms with Gasteiger partial charge in [-0.1, -0.05) is 75.8 Å². The molecule has 1 heterocycles. The molecule has 1 aliphatic heterocycles. The highest BCUT2D eigenvalue weighted by molar-refractivity contribution is 6.02.